The minimum absolute atomic E-state index is 0.275. The molecular weight excluding hydrogens is 442 g/mol. The van der Waals surface area contributed by atoms with E-state index in [4.69, 9.17) is 4.74 Å². The highest BCUT2D eigenvalue weighted by molar-refractivity contribution is 6.39. The summed E-state index contributed by atoms with van der Waals surface area (Å²) in [5, 5.41) is 8.17. The van der Waals surface area contributed by atoms with Gasteiger partial charge in [0.25, 0.3) is 0 Å². The number of hydrogen-bond acceptors (Lipinski definition) is 5. The molecule has 4 aromatic rings. The van der Waals surface area contributed by atoms with Crippen molar-refractivity contribution in [1.82, 2.24) is 5.43 Å². The number of hydrazone groups is 1. The van der Waals surface area contributed by atoms with Crippen LogP contribution in [0.2, 0.25) is 0 Å². The first-order valence-corrected chi connectivity index (χ1v) is 10.9. The zero-order chi connectivity index (χ0) is 24.8. The minimum atomic E-state index is -0.928. The first-order chi connectivity index (χ1) is 16.9. The molecule has 0 heterocycles. The van der Waals surface area contributed by atoms with E-state index in [1.165, 1.54) is 6.21 Å². The molecule has 2 N–H and O–H groups in total. The monoisotopic (exact) mass is 465 g/mol. The third-order valence-electron chi connectivity index (χ3n) is 5.38. The fraction of sp³-hybridized carbons (Fsp3) is 0.0714. The van der Waals surface area contributed by atoms with Crippen LogP contribution in [0.5, 0.6) is 5.75 Å². The van der Waals surface area contributed by atoms with Crippen LogP contribution in [-0.2, 0) is 9.59 Å². The summed E-state index contributed by atoms with van der Waals surface area (Å²) in [6, 6.07) is 25.2. The van der Waals surface area contributed by atoms with Gasteiger partial charge in [0, 0.05) is 11.3 Å². The van der Waals surface area contributed by atoms with Gasteiger partial charge in [0.2, 0.25) is 0 Å². The normalized spacial score (nSPS) is 10.8. The molecule has 0 fully saturated rings. The van der Waals surface area contributed by atoms with Crippen LogP contribution in [0.4, 0.5) is 5.69 Å². The average molecular weight is 466 g/mol. The molecule has 35 heavy (non-hydrogen) atoms. The molecule has 0 atom stereocenters. The molecule has 0 saturated carbocycles. The number of esters is 1. The van der Waals surface area contributed by atoms with E-state index in [1.54, 1.807) is 30.3 Å². The van der Waals surface area contributed by atoms with Crippen molar-refractivity contribution >= 4 is 40.5 Å². The van der Waals surface area contributed by atoms with E-state index in [0.29, 0.717) is 16.8 Å². The first-order valence-electron chi connectivity index (χ1n) is 10.9. The number of aryl methyl sites for hydroxylation is 2. The Kier molecular flexibility index (Phi) is 6.97. The number of carbonyl (C=O) groups excluding carboxylic acids is 3. The molecule has 2 amide bonds. The maximum absolute atomic E-state index is 12.7. The van der Waals surface area contributed by atoms with Crippen molar-refractivity contribution in [2.75, 3.05) is 5.32 Å². The Balaban J connectivity index is 1.54. The Bertz CT molecular complexity index is 1440. The largest absolute Gasteiger partial charge is 0.422 e. The molecule has 7 heteroatoms. The topological polar surface area (TPSA) is 96.9 Å². The maximum atomic E-state index is 12.7. The molecule has 0 aliphatic carbocycles. The molecule has 7 nitrogen and oxygen atoms in total. The van der Waals surface area contributed by atoms with Gasteiger partial charge < -0.3 is 10.1 Å². The SMILES string of the molecule is Cc1ccc(C(=O)Oc2ccc3ccccc3c2/C=N/NC(=O)C(=O)Nc2ccccc2C)cc1. The number of hydrogen-bond donors (Lipinski definition) is 2. The van der Waals surface area contributed by atoms with Crippen LogP contribution in [-0.4, -0.2) is 24.0 Å². The van der Waals surface area contributed by atoms with Gasteiger partial charge in [-0.05, 0) is 54.4 Å². The van der Waals surface area contributed by atoms with E-state index in [-0.39, 0.29) is 5.75 Å². The van der Waals surface area contributed by atoms with Crippen molar-refractivity contribution < 1.29 is 19.1 Å². The zero-order valence-corrected chi connectivity index (χ0v) is 19.2. The Hall–Kier alpha value is -4.78. The predicted molar refractivity (Wildman–Crippen MR) is 136 cm³/mol. The van der Waals surface area contributed by atoms with Gasteiger partial charge in [-0.2, -0.15) is 5.10 Å². The lowest BCUT2D eigenvalue weighted by molar-refractivity contribution is -0.136. The molecular formula is C28H23N3O4. The Morgan fingerprint density at radius 1 is 0.800 bits per heavy atom. The molecule has 4 aromatic carbocycles. The highest BCUT2D eigenvalue weighted by atomic mass is 16.5. The minimum Gasteiger partial charge on any atom is -0.422 e. The van der Waals surface area contributed by atoms with Gasteiger partial charge in [-0.15, -0.1) is 0 Å². The second kappa shape index (κ2) is 10.4. The Morgan fingerprint density at radius 2 is 1.51 bits per heavy atom. The molecule has 0 aromatic heterocycles. The maximum Gasteiger partial charge on any atom is 0.343 e. The van der Waals surface area contributed by atoms with Gasteiger partial charge in [-0.1, -0.05) is 66.2 Å². The van der Waals surface area contributed by atoms with E-state index in [0.717, 1.165) is 21.9 Å². The second-order valence-electron chi connectivity index (χ2n) is 7.92. The number of amides is 2. The quantitative estimate of drug-likeness (QED) is 0.146. The lowest BCUT2D eigenvalue weighted by Crippen LogP contribution is -2.32. The van der Waals surface area contributed by atoms with Crippen molar-refractivity contribution in [2.45, 2.75) is 13.8 Å². The number of fused-ring (bicyclic) bond motifs is 1. The highest BCUT2D eigenvalue weighted by Gasteiger charge is 2.16. The smallest absolute Gasteiger partial charge is 0.343 e. The number of nitrogens with one attached hydrogen (secondary N) is 2. The lowest BCUT2D eigenvalue weighted by Gasteiger charge is -2.11. The second-order valence-corrected chi connectivity index (χ2v) is 7.92. The van der Waals surface area contributed by atoms with Gasteiger partial charge in [-0.3, -0.25) is 9.59 Å². The van der Waals surface area contributed by atoms with Crippen LogP contribution in [0.25, 0.3) is 10.8 Å². The van der Waals surface area contributed by atoms with Crippen molar-refractivity contribution in [2.24, 2.45) is 5.10 Å². The van der Waals surface area contributed by atoms with Crippen LogP contribution >= 0.6 is 0 Å². The summed E-state index contributed by atoms with van der Waals surface area (Å²) >= 11 is 0. The summed E-state index contributed by atoms with van der Waals surface area (Å²) in [6.07, 6.45) is 1.36. The standard InChI is InChI=1S/C28H23N3O4/c1-18-11-13-21(14-12-18)28(34)35-25-16-15-20-8-4-5-9-22(20)23(25)17-29-31-27(33)26(32)30-24-10-6-3-7-19(24)2/h3-17H,1-2H3,(H,30,32)(H,31,33)/b29-17+. The van der Waals surface area contributed by atoms with E-state index < -0.39 is 17.8 Å². The molecule has 0 aliphatic heterocycles. The van der Waals surface area contributed by atoms with E-state index in [9.17, 15) is 14.4 Å². The first kappa shape index (κ1) is 23.4. The summed E-state index contributed by atoms with van der Waals surface area (Å²) in [7, 11) is 0. The molecule has 0 radical (unpaired) electrons. The molecule has 0 bridgehead atoms. The average Bonchev–Trinajstić information content (AvgIpc) is 2.86. The Morgan fingerprint density at radius 3 is 2.29 bits per heavy atom. The summed E-state index contributed by atoms with van der Waals surface area (Å²) < 4.78 is 5.65. The van der Waals surface area contributed by atoms with Gasteiger partial charge >= 0.3 is 17.8 Å². The number of benzene rings is 4. The van der Waals surface area contributed by atoms with Crippen LogP contribution < -0.4 is 15.5 Å². The van der Waals surface area contributed by atoms with Gasteiger partial charge in [0.15, 0.2) is 0 Å². The zero-order valence-electron chi connectivity index (χ0n) is 19.2. The van der Waals surface area contributed by atoms with E-state index in [2.05, 4.69) is 15.8 Å². The molecule has 0 unspecified atom stereocenters. The molecule has 0 aliphatic rings. The number of ether oxygens (including phenoxy) is 1. The summed E-state index contributed by atoms with van der Waals surface area (Å²) in [5.41, 5.74) is 5.53. The van der Waals surface area contributed by atoms with Gasteiger partial charge in [0.05, 0.1) is 11.8 Å². The number of carbonyl (C=O) groups is 3. The summed E-state index contributed by atoms with van der Waals surface area (Å²) in [6.45, 7) is 3.76. The molecule has 174 valence electrons. The third-order valence-corrected chi connectivity index (χ3v) is 5.38. The molecule has 4 rings (SSSR count). The van der Waals surface area contributed by atoms with Crippen LogP contribution in [0.3, 0.4) is 0 Å². The van der Waals surface area contributed by atoms with Gasteiger partial charge in [0.1, 0.15) is 5.75 Å². The van der Waals surface area contributed by atoms with Crippen LogP contribution in [0, 0.1) is 13.8 Å². The van der Waals surface area contributed by atoms with Crippen LogP contribution in [0.1, 0.15) is 27.0 Å². The fourth-order valence-electron chi connectivity index (χ4n) is 3.44. The highest BCUT2D eigenvalue weighted by Crippen LogP contribution is 2.27. The van der Waals surface area contributed by atoms with E-state index >= 15 is 0 Å². The number of rotatable bonds is 5. The van der Waals surface area contributed by atoms with Crippen molar-refractivity contribution in [3.63, 3.8) is 0 Å². The number of anilines is 1. The summed E-state index contributed by atoms with van der Waals surface area (Å²) in [4.78, 5) is 37.2. The molecule has 0 spiro atoms. The van der Waals surface area contributed by atoms with Crippen molar-refractivity contribution in [1.29, 1.82) is 0 Å². The summed E-state index contributed by atoms with van der Waals surface area (Å²) in [5.74, 6) is -2.02. The van der Waals surface area contributed by atoms with Crippen molar-refractivity contribution in [3.05, 3.63) is 107 Å². The van der Waals surface area contributed by atoms with E-state index in [1.807, 2.05) is 68.4 Å². The third kappa shape index (κ3) is 5.59. The Labute approximate surface area is 202 Å². The van der Waals surface area contributed by atoms with Crippen LogP contribution in [0.15, 0.2) is 90.0 Å². The fourth-order valence-corrected chi connectivity index (χ4v) is 3.44. The number of para-hydroxylation sites is 1. The van der Waals surface area contributed by atoms with Gasteiger partial charge in [-0.25, -0.2) is 10.2 Å². The lowest BCUT2D eigenvalue weighted by atomic mass is 10.0. The van der Waals surface area contributed by atoms with Crippen molar-refractivity contribution in [3.8, 4) is 5.75 Å². The predicted octanol–water partition coefficient (Wildman–Crippen LogP) is 4.76. The number of nitrogens with zero attached hydrogens (tertiary/aromatic N) is 1. The molecule has 0 saturated heterocycles.